The van der Waals surface area contributed by atoms with Crippen molar-refractivity contribution < 1.29 is 18.8 Å². The summed E-state index contributed by atoms with van der Waals surface area (Å²) < 4.78 is 19.2. The average molecular weight is 354 g/mol. The summed E-state index contributed by atoms with van der Waals surface area (Å²) in [5, 5.41) is 10.7. The highest BCUT2D eigenvalue weighted by Crippen LogP contribution is 2.31. The zero-order chi connectivity index (χ0) is 15.6. The van der Waals surface area contributed by atoms with Crippen LogP contribution < -0.4 is 4.74 Å². The molecule has 2 aromatic carbocycles. The van der Waals surface area contributed by atoms with Gasteiger partial charge in [-0.2, -0.15) is 0 Å². The SMILES string of the molecule is CC(=O)c1cc([N+](=O)[O-])ccc1Oc1cc(F)cc(Br)c1. The lowest BCUT2D eigenvalue weighted by Gasteiger charge is -2.09. The van der Waals surface area contributed by atoms with Crippen molar-refractivity contribution in [2.24, 2.45) is 0 Å². The van der Waals surface area contributed by atoms with Gasteiger partial charge in [0.25, 0.3) is 5.69 Å². The number of carbonyl (C=O) groups excluding carboxylic acids is 1. The van der Waals surface area contributed by atoms with Crippen LogP contribution in [0.4, 0.5) is 10.1 Å². The normalized spacial score (nSPS) is 10.2. The lowest BCUT2D eigenvalue weighted by atomic mass is 10.1. The second-order valence-corrected chi connectivity index (χ2v) is 5.12. The average Bonchev–Trinajstić information content (AvgIpc) is 2.37. The smallest absolute Gasteiger partial charge is 0.270 e. The maximum absolute atomic E-state index is 13.3. The van der Waals surface area contributed by atoms with Gasteiger partial charge in [-0.15, -0.1) is 0 Å². The zero-order valence-electron chi connectivity index (χ0n) is 10.8. The Kier molecular flexibility index (Phi) is 4.32. The Hall–Kier alpha value is -2.28. The molecule has 0 fully saturated rings. The van der Waals surface area contributed by atoms with Gasteiger partial charge in [0.05, 0.1) is 10.5 Å². The van der Waals surface area contributed by atoms with Crippen molar-refractivity contribution in [2.75, 3.05) is 0 Å². The van der Waals surface area contributed by atoms with Gasteiger partial charge < -0.3 is 4.74 Å². The Bertz CT molecular complexity index is 713. The fourth-order valence-electron chi connectivity index (χ4n) is 1.71. The minimum Gasteiger partial charge on any atom is -0.456 e. The molecule has 0 bridgehead atoms. The first-order chi connectivity index (χ1) is 9.86. The molecule has 7 heteroatoms. The number of benzene rings is 2. The van der Waals surface area contributed by atoms with Crippen molar-refractivity contribution in [1.82, 2.24) is 0 Å². The van der Waals surface area contributed by atoms with Gasteiger partial charge in [-0.05, 0) is 25.1 Å². The fraction of sp³-hybridized carbons (Fsp3) is 0.0714. The zero-order valence-corrected chi connectivity index (χ0v) is 12.4. The van der Waals surface area contributed by atoms with E-state index in [9.17, 15) is 19.3 Å². The number of hydrogen-bond donors (Lipinski definition) is 0. The van der Waals surface area contributed by atoms with Crippen molar-refractivity contribution >= 4 is 27.4 Å². The predicted molar refractivity (Wildman–Crippen MR) is 77.3 cm³/mol. The minimum absolute atomic E-state index is 0.0598. The van der Waals surface area contributed by atoms with Crippen molar-refractivity contribution in [1.29, 1.82) is 0 Å². The van der Waals surface area contributed by atoms with Crippen LogP contribution in [0.5, 0.6) is 11.5 Å². The summed E-state index contributed by atoms with van der Waals surface area (Å²) in [6.07, 6.45) is 0. The van der Waals surface area contributed by atoms with Gasteiger partial charge in [0, 0.05) is 22.7 Å². The fourth-order valence-corrected chi connectivity index (χ4v) is 2.15. The maximum Gasteiger partial charge on any atom is 0.270 e. The van der Waals surface area contributed by atoms with E-state index in [4.69, 9.17) is 4.74 Å². The molecule has 108 valence electrons. The van der Waals surface area contributed by atoms with Crippen LogP contribution in [0.1, 0.15) is 17.3 Å². The molecule has 0 aliphatic carbocycles. The largest absolute Gasteiger partial charge is 0.456 e. The monoisotopic (exact) mass is 353 g/mol. The number of halogens is 2. The van der Waals surface area contributed by atoms with Gasteiger partial charge >= 0.3 is 0 Å². The first-order valence-electron chi connectivity index (χ1n) is 5.80. The highest BCUT2D eigenvalue weighted by atomic mass is 79.9. The number of ketones is 1. The van der Waals surface area contributed by atoms with Crippen molar-refractivity contribution in [3.05, 3.63) is 62.4 Å². The van der Waals surface area contributed by atoms with E-state index in [1.165, 1.54) is 31.2 Å². The van der Waals surface area contributed by atoms with Crippen molar-refractivity contribution in [2.45, 2.75) is 6.92 Å². The quantitative estimate of drug-likeness (QED) is 0.461. The van der Waals surface area contributed by atoms with Crippen LogP contribution in [0.3, 0.4) is 0 Å². The van der Waals surface area contributed by atoms with Crippen LogP contribution in [-0.4, -0.2) is 10.7 Å². The summed E-state index contributed by atoms with van der Waals surface area (Å²) in [6, 6.07) is 7.59. The van der Waals surface area contributed by atoms with E-state index in [0.717, 1.165) is 12.1 Å². The van der Waals surface area contributed by atoms with Gasteiger partial charge in [0.15, 0.2) is 5.78 Å². The third-order valence-electron chi connectivity index (χ3n) is 2.62. The van der Waals surface area contributed by atoms with E-state index in [1.807, 2.05) is 0 Å². The number of carbonyl (C=O) groups is 1. The number of non-ortho nitro benzene ring substituents is 1. The number of nitro benzene ring substituents is 1. The van der Waals surface area contributed by atoms with E-state index >= 15 is 0 Å². The molecule has 0 N–H and O–H groups in total. The summed E-state index contributed by atoms with van der Waals surface area (Å²) >= 11 is 3.13. The molecule has 5 nitrogen and oxygen atoms in total. The van der Waals surface area contributed by atoms with E-state index < -0.39 is 10.7 Å². The molecule has 0 spiro atoms. The van der Waals surface area contributed by atoms with Crippen LogP contribution in [-0.2, 0) is 0 Å². The van der Waals surface area contributed by atoms with E-state index in [1.54, 1.807) is 0 Å². The van der Waals surface area contributed by atoms with Gasteiger partial charge in [-0.3, -0.25) is 14.9 Å². The number of nitrogens with zero attached hydrogens (tertiary/aromatic N) is 1. The van der Waals surface area contributed by atoms with E-state index in [0.29, 0.717) is 4.47 Å². The van der Waals surface area contributed by atoms with Gasteiger partial charge in [-0.1, -0.05) is 15.9 Å². The third kappa shape index (κ3) is 3.63. The topological polar surface area (TPSA) is 69.4 Å². The third-order valence-corrected chi connectivity index (χ3v) is 3.07. The molecular weight excluding hydrogens is 345 g/mol. The Labute approximate surface area is 127 Å². The summed E-state index contributed by atoms with van der Waals surface area (Å²) in [4.78, 5) is 21.7. The highest BCUT2D eigenvalue weighted by molar-refractivity contribution is 9.10. The molecule has 0 amide bonds. The van der Waals surface area contributed by atoms with E-state index in [2.05, 4.69) is 15.9 Å². The molecule has 0 aliphatic rings. The van der Waals surface area contributed by atoms with Crippen LogP contribution in [0, 0.1) is 15.9 Å². The Morgan fingerprint density at radius 1 is 1.29 bits per heavy atom. The molecule has 0 heterocycles. The molecule has 0 aromatic heterocycles. The number of rotatable bonds is 4. The summed E-state index contributed by atoms with van der Waals surface area (Å²) in [6.45, 7) is 1.27. The maximum atomic E-state index is 13.3. The van der Waals surface area contributed by atoms with Crippen LogP contribution in [0.25, 0.3) is 0 Å². The summed E-state index contributed by atoms with van der Waals surface area (Å²) in [5.74, 6) is -0.585. The standard InChI is InChI=1S/C14H9BrFNO4/c1-8(18)13-7-11(17(19)20)2-3-14(13)21-12-5-9(15)4-10(16)6-12/h2-7H,1H3. The van der Waals surface area contributed by atoms with Crippen molar-refractivity contribution in [3.63, 3.8) is 0 Å². The van der Waals surface area contributed by atoms with Crippen LogP contribution in [0.15, 0.2) is 40.9 Å². The predicted octanol–water partition coefficient (Wildman–Crippen LogP) is 4.49. The number of nitro groups is 1. The minimum atomic E-state index is -0.602. The number of hydrogen-bond acceptors (Lipinski definition) is 4. The van der Waals surface area contributed by atoms with Crippen molar-refractivity contribution in [3.8, 4) is 11.5 Å². The lowest BCUT2D eigenvalue weighted by molar-refractivity contribution is -0.384. The summed E-state index contributed by atoms with van der Waals surface area (Å²) in [5.41, 5.74) is -0.155. The molecule has 0 radical (unpaired) electrons. The molecule has 2 rings (SSSR count). The van der Waals surface area contributed by atoms with Gasteiger partial charge in [0.1, 0.15) is 17.3 Å². The lowest BCUT2D eigenvalue weighted by Crippen LogP contribution is -1.99. The Balaban J connectivity index is 2.43. The molecular formula is C14H9BrFNO4. The number of ether oxygens (including phenoxy) is 1. The first-order valence-corrected chi connectivity index (χ1v) is 6.59. The van der Waals surface area contributed by atoms with Gasteiger partial charge in [-0.25, -0.2) is 4.39 Å². The Morgan fingerprint density at radius 2 is 2.00 bits per heavy atom. The second-order valence-electron chi connectivity index (χ2n) is 4.20. The molecule has 21 heavy (non-hydrogen) atoms. The molecule has 0 aliphatic heterocycles. The molecule has 0 saturated heterocycles. The van der Waals surface area contributed by atoms with E-state index in [-0.39, 0.29) is 28.5 Å². The summed E-state index contributed by atoms with van der Waals surface area (Å²) in [7, 11) is 0. The van der Waals surface area contributed by atoms with Crippen LogP contribution >= 0.6 is 15.9 Å². The van der Waals surface area contributed by atoms with Crippen LogP contribution in [0.2, 0.25) is 0 Å². The highest BCUT2D eigenvalue weighted by Gasteiger charge is 2.16. The molecule has 0 atom stereocenters. The first kappa shape index (κ1) is 15.1. The number of Topliss-reactive ketones (excluding diaryl/α,β-unsaturated/α-hetero) is 1. The second kappa shape index (κ2) is 6.01. The molecule has 0 unspecified atom stereocenters. The molecule has 0 saturated carbocycles. The Morgan fingerprint density at radius 3 is 2.57 bits per heavy atom. The molecule has 2 aromatic rings. The van der Waals surface area contributed by atoms with Gasteiger partial charge in [0.2, 0.25) is 0 Å².